The third kappa shape index (κ3) is 4.04. The van der Waals surface area contributed by atoms with Crippen molar-refractivity contribution in [2.45, 2.75) is 31.2 Å². The summed E-state index contributed by atoms with van der Waals surface area (Å²) in [6.07, 6.45) is 1.74. The molecule has 1 spiro atoms. The highest BCUT2D eigenvalue weighted by atomic mass is 35.5. The average molecular weight is 400 g/mol. The fourth-order valence-electron chi connectivity index (χ4n) is 3.17. The molecule has 1 aromatic carbocycles. The molecule has 0 aromatic heterocycles. The Balaban J connectivity index is 1.41. The number of rotatable bonds is 5. The first-order chi connectivity index (χ1) is 12.4. The van der Waals surface area contributed by atoms with Crippen molar-refractivity contribution in [1.82, 2.24) is 15.5 Å². The van der Waals surface area contributed by atoms with Crippen LogP contribution in [0.5, 0.6) is 5.75 Å². The van der Waals surface area contributed by atoms with Gasteiger partial charge in [0.05, 0.1) is 11.6 Å². The van der Waals surface area contributed by atoms with Gasteiger partial charge in [-0.05, 0) is 37.5 Å². The van der Waals surface area contributed by atoms with Crippen LogP contribution in [-0.4, -0.2) is 48.0 Å². The van der Waals surface area contributed by atoms with Crippen LogP contribution in [0.15, 0.2) is 18.2 Å². The van der Waals surface area contributed by atoms with Gasteiger partial charge in [-0.25, -0.2) is 4.79 Å². The molecule has 2 aliphatic heterocycles. The molecule has 4 amide bonds. The lowest BCUT2D eigenvalue weighted by molar-refractivity contribution is -0.136. The quantitative estimate of drug-likeness (QED) is 0.587. The summed E-state index contributed by atoms with van der Waals surface area (Å²) in [5.74, 6) is 0.240. The molecule has 0 aliphatic carbocycles. The summed E-state index contributed by atoms with van der Waals surface area (Å²) in [4.78, 5) is 37.3. The van der Waals surface area contributed by atoms with Gasteiger partial charge in [0.25, 0.3) is 5.91 Å². The van der Waals surface area contributed by atoms with E-state index in [1.54, 1.807) is 23.1 Å². The molecule has 140 valence electrons. The van der Waals surface area contributed by atoms with Gasteiger partial charge in [0.15, 0.2) is 0 Å². The minimum atomic E-state index is -0.859. The zero-order valence-corrected chi connectivity index (χ0v) is 15.5. The number of imide groups is 1. The molecule has 9 heteroatoms. The molecule has 3 rings (SSSR count). The minimum absolute atomic E-state index is 0.00962. The van der Waals surface area contributed by atoms with Gasteiger partial charge >= 0.3 is 6.03 Å². The van der Waals surface area contributed by atoms with Crippen molar-refractivity contribution in [3.8, 4) is 5.75 Å². The van der Waals surface area contributed by atoms with Crippen LogP contribution in [0.1, 0.15) is 25.7 Å². The molecule has 2 aliphatic rings. The van der Waals surface area contributed by atoms with E-state index in [1.807, 2.05) is 0 Å². The monoisotopic (exact) mass is 399 g/mol. The lowest BCUT2D eigenvalue weighted by atomic mass is 9.87. The Morgan fingerprint density at radius 2 is 1.96 bits per heavy atom. The van der Waals surface area contributed by atoms with Crippen molar-refractivity contribution in [3.05, 3.63) is 28.2 Å². The molecule has 2 saturated heterocycles. The molecule has 0 unspecified atom stereocenters. The fourth-order valence-corrected chi connectivity index (χ4v) is 3.64. The molecule has 0 bridgehead atoms. The van der Waals surface area contributed by atoms with Crippen LogP contribution < -0.4 is 15.4 Å². The van der Waals surface area contributed by atoms with Gasteiger partial charge in [-0.2, -0.15) is 0 Å². The van der Waals surface area contributed by atoms with Gasteiger partial charge < -0.3 is 15.0 Å². The van der Waals surface area contributed by atoms with E-state index in [2.05, 4.69) is 10.6 Å². The van der Waals surface area contributed by atoms with Crippen molar-refractivity contribution in [2.24, 2.45) is 0 Å². The van der Waals surface area contributed by atoms with Crippen LogP contribution >= 0.6 is 23.2 Å². The van der Waals surface area contributed by atoms with Crippen LogP contribution in [0.25, 0.3) is 0 Å². The van der Waals surface area contributed by atoms with Crippen molar-refractivity contribution in [1.29, 1.82) is 0 Å². The number of hydrogen-bond donors (Lipinski definition) is 2. The molecule has 26 heavy (non-hydrogen) atoms. The molecule has 2 fully saturated rings. The van der Waals surface area contributed by atoms with E-state index in [0.717, 1.165) is 0 Å². The van der Waals surface area contributed by atoms with Gasteiger partial charge in [0.1, 0.15) is 11.3 Å². The first-order valence-corrected chi connectivity index (χ1v) is 9.14. The topological polar surface area (TPSA) is 87.7 Å². The number of nitrogens with zero attached hydrogens (tertiary/aromatic N) is 1. The van der Waals surface area contributed by atoms with Crippen LogP contribution in [-0.2, 0) is 9.59 Å². The first-order valence-electron chi connectivity index (χ1n) is 8.39. The lowest BCUT2D eigenvalue weighted by Crippen LogP contribution is -2.55. The normalized spacial score (nSPS) is 18.6. The maximum Gasteiger partial charge on any atom is 0.322 e. The second-order valence-electron chi connectivity index (χ2n) is 6.40. The highest BCUT2D eigenvalue weighted by molar-refractivity contribution is 6.35. The van der Waals surface area contributed by atoms with Gasteiger partial charge in [-0.3, -0.25) is 14.9 Å². The standard InChI is InChI=1S/C17H19Cl2N3O4/c18-11-3-4-13(12(19)10-11)26-9-1-2-14(23)22-7-5-17(6-8-22)15(24)20-16(25)21-17/h3-4,10H,1-2,5-9H2,(H2,20,21,24,25). The zero-order chi connectivity index (χ0) is 18.7. The summed E-state index contributed by atoms with van der Waals surface area (Å²) in [6.45, 7) is 1.25. The van der Waals surface area contributed by atoms with Crippen molar-refractivity contribution in [3.63, 3.8) is 0 Å². The van der Waals surface area contributed by atoms with E-state index in [4.69, 9.17) is 27.9 Å². The van der Waals surface area contributed by atoms with Gasteiger partial charge in [0, 0.05) is 24.5 Å². The number of carbonyl (C=O) groups is 3. The van der Waals surface area contributed by atoms with Gasteiger partial charge in [0.2, 0.25) is 5.91 Å². The predicted octanol–water partition coefficient (Wildman–Crippen LogP) is 2.35. The van der Waals surface area contributed by atoms with E-state index in [1.165, 1.54) is 0 Å². The Morgan fingerprint density at radius 3 is 2.58 bits per heavy atom. The number of benzene rings is 1. The van der Waals surface area contributed by atoms with E-state index >= 15 is 0 Å². The maximum absolute atomic E-state index is 12.3. The van der Waals surface area contributed by atoms with Crippen molar-refractivity contribution < 1.29 is 19.1 Å². The van der Waals surface area contributed by atoms with E-state index in [9.17, 15) is 14.4 Å². The number of nitrogens with one attached hydrogen (secondary N) is 2. The predicted molar refractivity (Wildman–Crippen MR) is 96.4 cm³/mol. The first kappa shape index (κ1) is 18.8. The summed E-state index contributed by atoms with van der Waals surface area (Å²) in [5, 5.41) is 5.90. The number of halogens is 2. The number of piperidine rings is 1. The molecule has 2 N–H and O–H groups in total. The van der Waals surface area contributed by atoms with Gasteiger partial charge in [-0.15, -0.1) is 0 Å². The van der Waals surface area contributed by atoms with E-state index < -0.39 is 11.6 Å². The second-order valence-corrected chi connectivity index (χ2v) is 7.24. The highest BCUT2D eigenvalue weighted by Gasteiger charge is 2.48. The van der Waals surface area contributed by atoms with E-state index in [0.29, 0.717) is 61.2 Å². The molecule has 7 nitrogen and oxygen atoms in total. The lowest BCUT2D eigenvalue weighted by Gasteiger charge is -2.37. The summed E-state index contributed by atoms with van der Waals surface area (Å²) in [6, 6.07) is 4.52. The smallest absolute Gasteiger partial charge is 0.322 e. The van der Waals surface area contributed by atoms with Gasteiger partial charge in [-0.1, -0.05) is 23.2 Å². The van der Waals surface area contributed by atoms with Crippen LogP contribution in [0.4, 0.5) is 4.79 Å². The fraction of sp³-hybridized carbons (Fsp3) is 0.471. The summed E-state index contributed by atoms with van der Waals surface area (Å²) in [7, 11) is 0. The molecule has 0 radical (unpaired) electrons. The Kier molecular flexibility index (Phi) is 5.58. The molecule has 1 aromatic rings. The Bertz CT molecular complexity index is 733. The third-order valence-electron chi connectivity index (χ3n) is 4.67. The average Bonchev–Trinajstić information content (AvgIpc) is 2.87. The summed E-state index contributed by atoms with van der Waals surface area (Å²) >= 11 is 11.9. The molecule has 0 atom stereocenters. The Hall–Kier alpha value is -1.99. The van der Waals surface area contributed by atoms with Crippen LogP contribution in [0.3, 0.4) is 0 Å². The maximum atomic E-state index is 12.3. The zero-order valence-electron chi connectivity index (χ0n) is 14.0. The molecular weight excluding hydrogens is 381 g/mol. The Morgan fingerprint density at radius 1 is 1.23 bits per heavy atom. The summed E-state index contributed by atoms with van der Waals surface area (Å²) in [5.41, 5.74) is -0.859. The highest BCUT2D eigenvalue weighted by Crippen LogP contribution is 2.28. The number of hydrogen-bond acceptors (Lipinski definition) is 4. The summed E-state index contributed by atoms with van der Waals surface area (Å²) < 4.78 is 5.57. The number of ether oxygens (including phenoxy) is 1. The number of likely N-dealkylation sites (tertiary alicyclic amines) is 1. The molecule has 2 heterocycles. The van der Waals surface area contributed by atoms with Crippen molar-refractivity contribution >= 4 is 41.0 Å². The number of urea groups is 1. The molecule has 0 saturated carbocycles. The van der Waals surface area contributed by atoms with Crippen LogP contribution in [0.2, 0.25) is 10.0 Å². The van der Waals surface area contributed by atoms with Crippen molar-refractivity contribution in [2.75, 3.05) is 19.7 Å². The van der Waals surface area contributed by atoms with E-state index in [-0.39, 0.29) is 11.8 Å². The van der Waals surface area contributed by atoms with Crippen LogP contribution in [0, 0.1) is 0 Å². The largest absolute Gasteiger partial charge is 0.492 e. The minimum Gasteiger partial charge on any atom is -0.492 e. The number of amides is 4. The SMILES string of the molecule is O=C1NC(=O)C2(CCN(C(=O)CCCOc3ccc(Cl)cc3Cl)CC2)N1. The number of carbonyl (C=O) groups excluding carboxylic acids is 3. The Labute approximate surface area is 160 Å². The second kappa shape index (κ2) is 7.72. The molecular formula is C17H19Cl2N3O4. The third-order valence-corrected chi connectivity index (χ3v) is 5.20.